The molecule has 6 nitrogen and oxygen atoms in total. The average Bonchev–Trinajstić information content (AvgIpc) is 3.12. The number of nitrogens with one attached hydrogen (secondary N) is 1. The SMILES string of the molecule is CC(C)(C)OC(=O)NCC1CCN(c2nc3ccccc3n2Cc2ccc(Cl)cc2Cl)CC1. The van der Waals surface area contributed by atoms with Crippen LogP contribution in [0.1, 0.15) is 39.2 Å². The maximum Gasteiger partial charge on any atom is 0.407 e. The molecule has 8 heteroatoms. The van der Waals surface area contributed by atoms with Crippen LogP contribution in [-0.2, 0) is 11.3 Å². The molecule has 1 aromatic heterocycles. The van der Waals surface area contributed by atoms with Crippen molar-refractivity contribution in [1.82, 2.24) is 14.9 Å². The highest BCUT2D eigenvalue weighted by Gasteiger charge is 2.25. The van der Waals surface area contributed by atoms with Crippen LogP contribution in [0.15, 0.2) is 42.5 Å². The van der Waals surface area contributed by atoms with Crippen molar-refractivity contribution in [3.63, 3.8) is 0 Å². The number of piperidine rings is 1. The van der Waals surface area contributed by atoms with Crippen LogP contribution in [0.25, 0.3) is 11.0 Å². The van der Waals surface area contributed by atoms with Gasteiger partial charge in [-0.3, -0.25) is 0 Å². The molecule has 2 heterocycles. The van der Waals surface area contributed by atoms with Crippen molar-refractivity contribution in [1.29, 1.82) is 0 Å². The quantitative estimate of drug-likeness (QED) is 0.468. The zero-order valence-electron chi connectivity index (χ0n) is 19.3. The number of carbonyl (C=O) groups is 1. The molecule has 0 saturated carbocycles. The van der Waals surface area contributed by atoms with Crippen molar-refractivity contribution in [2.45, 2.75) is 45.8 Å². The summed E-state index contributed by atoms with van der Waals surface area (Å²) in [7, 11) is 0. The van der Waals surface area contributed by atoms with Gasteiger partial charge < -0.3 is 19.5 Å². The molecule has 0 aliphatic carbocycles. The molecule has 1 aliphatic rings. The Labute approximate surface area is 204 Å². The van der Waals surface area contributed by atoms with Crippen LogP contribution in [0.5, 0.6) is 0 Å². The van der Waals surface area contributed by atoms with Crippen LogP contribution in [0.2, 0.25) is 10.0 Å². The second kappa shape index (κ2) is 9.82. The van der Waals surface area contributed by atoms with Gasteiger partial charge in [0.2, 0.25) is 5.95 Å². The summed E-state index contributed by atoms with van der Waals surface area (Å²) in [6, 6.07) is 13.8. The lowest BCUT2D eigenvalue weighted by Gasteiger charge is -2.33. The number of benzene rings is 2. The van der Waals surface area contributed by atoms with Crippen molar-refractivity contribution >= 4 is 46.3 Å². The van der Waals surface area contributed by atoms with Gasteiger partial charge in [0, 0.05) is 29.7 Å². The van der Waals surface area contributed by atoms with Gasteiger partial charge >= 0.3 is 6.09 Å². The van der Waals surface area contributed by atoms with Gasteiger partial charge in [-0.2, -0.15) is 0 Å². The van der Waals surface area contributed by atoms with E-state index < -0.39 is 5.60 Å². The molecular formula is C25H30Cl2N4O2. The van der Waals surface area contributed by atoms with Crippen LogP contribution < -0.4 is 10.2 Å². The Morgan fingerprint density at radius 1 is 1.15 bits per heavy atom. The molecule has 33 heavy (non-hydrogen) atoms. The van der Waals surface area contributed by atoms with Gasteiger partial charge in [-0.05, 0) is 69.4 Å². The molecule has 1 fully saturated rings. The Bertz CT molecular complexity index is 1130. The zero-order valence-corrected chi connectivity index (χ0v) is 20.8. The minimum atomic E-state index is -0.487. The lowest BCUT2D eigenvalue weighted by Crippen LogP contribution is -2.41. The summed E-state index contributed by atoms with van der Waals surface area (Å²) in [5, 5.41) is 4.19. The molecule has 4 rings (SSSR count). The summed E-state index contributed by atoms with van der Waals surface area (Å²) in [4.78, 5) is 19.3. The minimum absolute atomic E-state index is 0.355. The Morgan fingerprint density at radius 3 is 2.58 bits per heavy atom. The van der Waals surface area contributed by atoms with Gasteiger partial charge in [0.15, 0.2) is 0 Å². The zero-order chi connectivity index (χ0) is 23.6. The average molecular weight is 489 g/mol. The Balaban J connectivity index is 1.47. The van der Waals surface area contributed by atoms with E-state index in [9.17, 15) is 4.79 Å². The molecule has 2 aromatic carbocycles. The molecule has 1 N–H and O–H groups in total. The smallest absolute Gasteiger partial charge is 0.407 e. The van der Waals surface area contributed by atoms with Gasteiger partial charge in [-0.1, -0.05) is 41.4 Å². The van der Waals surface area contributed by atoms with E-state index in [4.69, 9.17) is 32.9 Å². The highest BCUT2D eigenvalue weighted by molar-refractivity contribution is 6.35. The van der Waals surface area contributed by atoms with Crippen molar-refractivity contribution in [2.75, 3.05) is 24.5 Å². The number of hydrogen-bond donors (Lipinski definition) is 1. The second-order valence-corrected chi connectivity index (χ2v) is 10.4. The third kappa shape index (κ3) is 5.92. The Kier molecular flexibility index (Phi) is 7.05. The molecular weight excluding hydrogens is 459 g/mol. The normalized spacial score (nSPS) is 15.1. The lowest BCUT2D eigenvalue weighted by molar-refractivity contribution is 0.0516. The molecule has 0 bridgehead atoms. The molecule has 0 unspecified atom stereocenters. The van der Waals surface area contributed by atoms with E-state index in [-0.39, 0.29) is 6.09 Å². The Morgan fingerprint density at radius 2 is 1.88 bits per heavy atom. The molecule has 3 aromatic rings. The van der Waals surface area contributed by atoms with Gasteiger partial charge in [0.1, 0.15) is 5.60 Å². The summed E-state index contributed by atoms with van der Waals surface area (Å²) in [6.45, 7) is 8.60. The number of anilines is 1. The predicted octanol–water partition coefficient (Wildman–Crippen LogP) is 6.13. The number of nitrogens with zero attached hydrogens (tertiary/aromatic N) is 3. The standard InChI is InChI=1S/C25H30Cl2N4O2/c1-25(2,3)33-24(32)28-15-17-10-12-30(13-11-17)23-29-21-6-4-5-7-22(21)31(23)16-18-8-9-19(26)14-20(18)27/h4-9,14,17H,10-13,15-16H2,1-3H3,(H,28,32). The predicted molar refractivity (Wildman–Crippen MR) is 134 cm³/mol. The fraction of sp³-hybridized carbons (Fsp3) is 0.440. The van der Waals surface area contributed by atoms with Crippen molar-refractivity contribution in [3.8, 4) is 0 Å². The van der Waals surface area contributed by atoms with E-state index in [2.05, 4.69) is 20.9 Å². The number of halogens is 2. The topological polar surface area (TPSA) is 59.4 Å². The molecule has 176 valence electrons. The number of carbonyl (C=O) groups excluding carboxylic acids is 1. The van der Waals surface area contributed by atoms with Gasteiger partial charge in [0.05, 0.1) is 17.6 Å². The fourth-order valence-corrected chi connectivity index (χ4v) is 4.63. The maximum atomic E-state index is 12.0. The number of aromatic nitrogens is 2. The molecule has 1 amide bonds. The Hall–Kier alpha value is -2.44. The van der Waals surface area contributed by atoms with E-state index in [0.717, 1.165) is 48.5 Å². The number of amides is 1. The van der Waals surface area contributed by atoms with Crippen LogP contribution in [0.4, 0.5) is 10.7 Å². The minimum Gasteiger partial charge on any atom is -0.444 e. The number of hydrogen-bond acceptors (Lipinski definition) is 4. The first kappa shape index (κ1) is 23.7. The second-order valence-electron chi connectivity index (χ2n) is 9.54. The third-order valence-electron chi connectivity index (χ3n) is 5.81. The number of imidazole rings is 1. The molecule has 0 radical (unpaired) electrons. The molecule has 0 spiro atoms. The first-order valence-corrected chi connectivity index (χ1v) is 12.1. The van der Waals surface area contributed by atoms with Gasteiger partial charge in [0.25, 0.3) is 0 Å². The van der Waals surface area contributed by atoms with E-state index in [1.807, 2.05) is 51.1 Å². The summed E-state index contributed by atoms with van der Waals surface area (Å²) in [6.07, 6.45) is 1.59. The third-order valence-corrected chi connectivity index (χ3v) is 6.40. The molecule has 1 saturated heterocycles. The summed E-state index contributed by atoms with van der Waals surface area (Å²) in [5.74, 6) is 1.36. The highest BCUT2D eigenvalue weighted by Crippen LogP contribution is 2.30. The summed E-state index contributed by atoms with van der Waals surface area (Å²) >= 11 is 12.6. The summed E-state index contributed by atoms with van der Waals surface area (Å²) < 4.78 is 7.58. The number of fused-ring (bicyclic) bond motifs is 1. The fourth-order valence-electron chi connectivity index (χ4n) is 4.16. The van der Waals surface area contributed by atoms with E-state index in [1.165, 1.54) is 0 Å². The summed E-state index contributed by atoms with van der Waals surface area (Å²) in [5.41, 5.74) is 2.56. The monoisotopic (exact) mass is 488 g/mol. The highest BCUT2D eigenvalue weighted by atomic mass is 35.5. The van der Waals surface area contributed by atoms with Gasteiger partial charge in [-0.25, -0.2) is 9.78 Å². The number of alkyl carbamates (subject to hydrolysis) is 1. The van der Waals surface area contributed by atoms with Crippen LogP contribution in [0, 0.1) is 5.92 Å². The maximum absolute atomic E-state index is 12.0. The number of rotatable bonds is 5. The van der Waals surface area contributed by atoms with Crippen LogP contribution >= 0.6 is 23.2 Å². The lowest BCUT2D eigenvalue weighted by atomic mass is 9.97. The molecule has 1 aliphatic heterocycles. The van der Waals surface area contributed by atoms with E-state index in [0.29, 0.717) is 29.1 Å². The largest absolute Gasteiger partial charge is 0.444 e. The van der Waals surface area contributed by atoms with Crippen molar-refractivity contribution in [2.24, 2.45) is 5.92 Å². The number of ether oxygens (including phenoxy) is 1. The number of para-hydroxylation sites is 2. The molecule has 0 atom stereocenters. The van der Waals surface area contributed by atoms with Crippen molar-refractivity contribution in [3.05, 3.63) is 58.1 Å². The first-order valence-electron chi connectivity index (χ1n) is 11.3. The van der Waals surface area contributed by atoms with E-state index >= 15 is 0 Å². The van der Waals surface area contributed by atoms with Gasteiger partial charge in [-0.15, -0.1) is 0 Å². The van der Waals surface area contributed by atoms with E-state index in [1.54, 1.807) is 6.07 Å². The van der Waals surface area contributed by atoms with Crippen LogP contribution in [-0.4, -0.2) is 40.9 Å². The van der Waals surface area contributed by atoms with Crippen LogP contribution in [0.3, 0.4) is 0 Å². The first-order chi connectivity index (χ1) is 15.7. The van der Waals surface area contributed by atoms with Crippen molar-refractivity contribution < 1.29 is 9.53 Å².